The van der Waals surface area contributed by atoms with Gasteiger partial charge in [0.2, 0.25) is 0 Å². The van der Waals surface area contributed by atoms with Crippen LogP contribution in [0, 0.1) is 6.92 Å². The number of carbonyl (C=O) groups is 1. The molecule has 1 aromatic rings. The lowest BCUT2D eigenvalue weighted by molar-refractivity contribution is 0.143. The third-order valence-corrected chi connectivity index (χ3v) is 3.84. The standard InChI is InChI=1S/C12H18N2O2S/c1-9-5-7-16-8-6-14(9)12(15)13-11-4-3-10(2)17-11/h3-4,9H,5-8H2,1-2H3,(H,13,15). The molecule has 1 atom stereocenters. The number of carbonyl (C=O) groups excluding carboxylic acids is 1. The van der Waals surface area contributed by atoms with Crippen molar-refractivity contribution < 1.29 is 9.53 Å². The predicted molar refractivity (Wildman–Crippen MR) is 69.7 cm³/mol. The smallest absolute Gasteiger partial charge is 0.322 e. The van der Waals surface area contributed by atoms with Crippen LogP contribution < -0.4 is 5.32 Å². The largest absolute Gasteiger partial charge is 0.380 e. The van der Waals surface area contributed by atoms with Crippen molar-refractivity contribution in [2.75, 3.05) is 25.1 Å². The van der Waals surface area contributed by atoms with Crippen LogP contribution >= 0.6 is 11.3 Å². The van der Waals surface area contributed by atoms with Gasteiger partial charge in [0, 0.05) is 24.1 Å². The van der Waals surface area contributed by atoms with Crippen LogP contribution in [0.3, 0.4) is 0 Å². The van der Waals surface area contributed by atoms with Gasteiger partial charge >= 0.3 is 6.03 Å². The first-order chi connectivity index (χ1) is 8.16. The Morgan fingerprint density at radius 3 is 3.06 bits per heavy atom. The Balaban J connectivity index is 1.98. The molecule has 0 bridgehead atoms. The number of hydrogen-bond acceptors (Lipinski definition) is 3. The highest BCUT2D eigenvalue weighted by atomic mass is 32.1. The van der Waals surface area contributed by atoms with E-state index in [1.165, 1.54) is 4.88 Å². The van der Waals surface area contributed by atoms with Crippen molar-refractivity contribution in [2.24, 2.45) is 0 Å². The van der Waals surface area contributed by atoms with Gasteiger partial charge in [-0.3, -0.25) is 5.32 Å². The number of nitrogens with one attached hydrogen (secondary N) is 1. The maximum Gasteiger partial charge on any atom is 0.322 e. The van der Waals surface area contributed by atoms with Crippen molar-refractivity contribution in [3.63, 3.8) is 0 Å². The van der Waals surface area contributed by atoms with Crippen LogP contribution in [-0.2, 0) is 4.74 Å². The van der Waals surface area contributed by atoms with E-state index in [1.54, 1.807) is 11.3 Å². The number of amides is 2. The summed E-state index contributed by atoms with van der Waals surface area (Å²) in [4.78, 5) is 15.2. The van der Waals surface area contributed by atoms with E-state index in [2.05, 4.69) is 12.2 Å². The number of anilines is 1. The molecule has 1 saturated heterocycles. The first-order valence-electron chi connectivity index (χ1n) is 5.88. The van der Waals surface area contributed by atoms with E-state index < -0.39 is 0 Å². The van der Waals surface area contributed by atoms with Gasteiger partial charge in [-0.2, -0.15) is 0 Å². The minimum absolute atomic E-state index is 0.0233. The van der Waals surface area contributed by atoms with Gasteiger partial charge in [-0.05, 0) is 32.4 Å². The fourth-order valence-electron chi connectivity index (χ4n) is 1.88. The Morgan fingerprint density at radius 2 is 2.35 bits per heavy atom. The first-order valence-corrected chi connectivity index (χ1v) is 6.70. The van der Waals surface area contributed by atoms with Crippen molar-refractivity contribution in [1.29, 1.82) is 0 Å². The molecule has 1 aliphatic heterocycles. The lowest BCUT2D eigenvalue weighted by Crippen LogP contribution is -2.41. The molecule has 0 radical (unpaired) electrons. The van der Waals surface area contributed by atoms with E-state index in [-0.39, 0.29) is 12.1 Å². The third kappa shape index (κ3) is 3.20. The van der Waals surface area contributed by atoms with Crippen LogP contribution in [0.15, 0.2) is 12.1 Å². The average Bonchev–Trinajstić information content (AvgIpc) is 2.57. The summed E-state index contributed by atoms with van der Waals surface area (Å²) < 4.78 is 5.38. The fourth-order valence-corrected chi connectivity index (χ4v) is 2.63. The number of nitrogens with zero attached hydrogens (tertiary/aromatic N) is 1. The van der Waals surface area contributed by atoms with Crippen molar-refractivity contribution in [1.82, 2.24) is 4.90 Å². The number of thiophene rings is 1. The Kier molecular flexibility index (Phi) is 4.02. The summed E-state index contributed by atoms with van der Waals surface area (Å²) in [5.41, 5.74) is 0. The first kappa shape index (κ1) is 12.4. The summed E-state index contributed by atoms with van der Waals surface area (Å²) in [5, 5.41) is 3.85. The molecule has 1 fully saturated rings. The molecule has 0 aliphatic carbocycles. The quantitative estimate of drug-likeness (QED) is 0.837. The molecule has 2 rings (SSSR count). The van der Waals surface area contributed by atoms with Crippen molar-refractivity contribution in [3.05, 3.63) is 17.0 Å². The number of aryl methyl sites for hydroxylation is 1. The molecule has 2 heterocycles. The SMILES string of the molecule is Cc1ccc(NC(=O)N2CCOCCC2C)s1. The molecule has 5 heteroatoms. The molecule has 2 amide bonds. The third-order valence-electron chi connectivity index (χ3n) is 2.92. The Morgan fingerprint density at radius 1 is 1.53 bits per heavy atom. The van der Waals surface area contributed by atoms with Crippen molar-refractivity contribution in [2.45, 2.75) is 26.3 Å². The van der Waals surface area contributed by atoms with E-state index in [1.807, 2.05) is 24.0 Å². The van der Waals surface area contributed by atoms with Gasteiger partial charge in [-0.1, -0.05) is 0 Å². The van der Waals surface area contributed by atoms with E-state index in [0.29, 0.717) is 13.2 Å². The van der Waals surface area contributed by atoms with Crippen LogP contribution in [0.5, 0.6) is 0 Å². The highest BCUT2D eigenvalue weighted by Gasteiger charge is 2.22. The predicted octanol–water partition coefficient (Wildman–Crippen LogP) is 2.70. The number of ether oxygens (including phenoxy) is 1. The topological polar surface area (TPSA) is 41.6 Å². The maximum atomic E-state index is 12.1. The molecular weight excluding hydrogens is 236 g/mol. The molecule has 0 spiro atoms. The summed E-state index contributed by atoms with van der Waals surface area (Å²) in [6.45, 7) is 6.12. The van der Waals surface area contributed by atoms with Gasteiger partial charge in [0.15, 0.2) is 0 Å². The lowest BCUT2D eigenvalue weighted by atomic mass is 10.2. The van der Waals surface area contributed by atoms with Crippen LogP contribution in [0.25, 0.3) is 0 Å². The summed E-state index contributed by atoms with van der Waals surface area (Å²) in [5.74, 6) is 0. The fraction of sp³-hybridized carbons (Fsp3) is 0.583. The summed E-state index contributed by atoms with van der Waals surface area (Å²) >= 11 is 1.60. The molecule has 1 aliphatic rings. The van der Waals surface area contributed by atoms with E-state index in [9.17, 15) is 4.79 Å². The molecule has 17 heavy (non-hydrogen) atoms. The summed E-state index contributed by atoms with van der Waals surface area (Å²) in [7, 11) is 0. The zero-order valence-electron chi connectivity index (χ0n) is 10.2. The molecule has 0 saturated carbocycles. The monoisotopic (exact) mass is 254 g/mol. The molecular formula is C12H18N2O2S. The van der Waals surface area contributed by atoms with Crippen LogP contribution in [0.4, 0.5) is 9.80 Å². The van der Waals surface area contributed by atoms with Crippen LogP contribution in [-0.4, -0.2) is 36.7 Å². The number of urea groups is 1. The van der Waals surface area contributed by atoms with E-state index >= 15 is 0 Å². The van der Waals surface area contributed by atoms with Crippen molar-refractivity contribution in [3.8, 4) is 0 Å². The van der Waals surface area contributed by atoms with Crippen LogP contribution in [0.1, 0.15) is 18.2 Å². The highest BCUT2D eigenvalue weighted by molar-refractivity contribution is 7.16. The van der Waals surface area contributed by atoms with Gasteiger partial charge in [-0.15, -0.1) is 11.3 Å². The van der Waals surface area contributed by atoms with Crippen LogP contribution in [0.2, 0.25) is 0 Å². The van der Waals surface area contributed by atoms with Gasteiger partial charge in [0.05, 0.1) is 11.6 Å². The van der Waals surface area contributed by atoms with Gasteiger partial charge < -0.3 is 9.64 Å². The van der Waals surface area contributed by atoms with Gasteiger partial charge in [-0.25, -0.2) is 4.79 Å². The summed E-state index contributed by atoms with van der Waals surface area (Å²) in [6, 6.07) is 4.16. The minimum Gasteiger partial charge on any atom is -0.380 e. The average molecular weight is 254 g/mol. The van der Waals surface area contributed by atoms with Gasteiger partial charge in [0.25, 0.3) is 0 Å². The second-order valence-corrected chi connectivity index (χ2v) is 5.57. The highest BCUT2D eigenvalue weighted by Crippen LogP contribution is 2.21. The molecule has 1 aromatic heterocycles. The minimum atomic E-state index is -0.0233. The maximum absolute atomic E-state index is 12.1. The molecule has 1 N–H and O–H groups in total. The molecule has 4 nitrogen and oxygen atoms in total. The zero-order chi connectivity index (χ0) is 12.3. The van der Waals surface area contributed by atoms with E-state index in [4.69, 9.17) is 4.74 Å². The molecule has 1 unspecified atom stereocenters. The molecule has 0 aromatic carbocycles. The Bertz CT molecular complexity index is 392. The van der Waals surface area contributed by atoms with Crippen molar-refractivity contribution >= 4 is 22.4 Å². The molecule has 94 valence electrons. The number of hydrogen-bond donors (Lipinski definition) is 1. The van der Waals surface area contributed by atoms with E-state index in [0.717, 1.165) is 18.0 Å². The Hall–Kier alpha value is -1.07. The second kappa shape index (κ2) is 5.51. The zero-order valence-corrected chi connectivity index (χ0v) is 11.0. The number of rotatable bonds is 1. The lowest BCUT2D eigenvalue weighted by Gasteiger charge is -2.26. The second-order valence-electron chi connectivity index (χ2n) is 4.28. The summed E-state index contributed by atoms with van der Waals surface area (Å²) in [6.07, 6.45) is 0.900. The normalized spacial score (nSPS) is 21.1. The van der Waals surface area contributed by atoms with Gasteiger partial charge in [0.1, 0.15) is 0 Å². The Labute approximate surface area is 106 Å².